The highest BCUT2D eigenvalue weighted by Gasteiger charge is 2.13. The highest BCUT2D eigenvalue weighted by Crippen LogP contribution is 2.28. The van der Waals surface area contributed by atoms with Crippen LogP contribution >= 0.6 is 15.9 Å². The number of ether oxygens (including phenoxy) is 2. The fraction of sp³-hybridized carbons (Fsp3) is 0.316. The highest BCUT2D eigenvalue weighted by atomic mass is 79.9. The summed E-state index contributed by atoms with van der Waals surface area (Å²) in [6.45, 7) is 8.68. The zero-order valence-electron chi connectivity index (χ0n) is 13.9. The van der Waals surface area contributed by atoms with Crippen LogP contribution in [0.4, 0.5) is 0 Å². The average molecular weight is 377 g/mol. The van der Waals surface area contributed by atoms with Crippen molar-refractivity contribution in [1.82, 2.24) is 0 Å². The van der Waals surface area contributed by atoms with E-state index in [4.69, 9.17) is 9.47 Å². The van der Waals surface area contributed by atoms with Crippen LogP contribution < -0.4 is 9.47 Å². The molecule has 0 aromatic heterocycles. The van der Waals surface area contributed by atoms with Gasteiger partial charge in [0.25, 0.3) is 0 Å². The topological polar surface area (TPSA) is 35.5 Å². The first kappa shape index (κ1) is 17.5. The van der Waals surface area contributed by atoms with Gasteiger partial charge in [0.05, 0.1) is 12.2 Å². The van der Waals surface area contributed by atoms with E-state index in [1.807, 2.05) is 26.0 Å². The van der Waals surface area contributed by atoms with Crippen molar-refractivity contribution in [3.8, 4) is 11.5 Å². The number of aryl methyl sites for hydroxylation is 2. The zero-order valence-corrected chi connectivity index (χ0v) is 15.4. The summed E-state index contributed by atoms with van der Waals surface area (Å²) in [5.74, 6) is 1.46. The lowest BCUT2D eigenvalue weighted by molar-refractivity contribution is 0.0732. The predicted molar refractivity (Wildman–Crippen MR) is 95.3 cm³/mol. The van der Waals surface area contributed by atoms with Crippen LogP contribution in [0.15, 0.2) is 40.9 Å². The molecule has 0 heterocycles. The van der Waals surface area contributed by atoms with E-state index in [1.54, 1.807) is 24.3 Å². The second-order valence-corrected chi connectivity index (χ2v) is 6.90. The fourth-order valence-electron chi connectivity index (χ4n) is 2.16. The minimum absolute atomic E-state index is 0.367. The van der Waals surface area contributed by atoms with Gasteiger partial charge in [0.15, 0.2) is 0 Å². The maximum atomic E-state index is 12.3. The lowest BCUT2D eigenvalue weighted by atomic mass is 10.1. The minimum Gasteiger partial charge on any atom is -0.493 e. The molecule has 0 unspecified atom stereocenters. The monoisotopic (exact) mass is 376 g/mol. The van der Waals surface area contributed by atoms with Crippen molar-refractivity contribution in [2.45, 2.75) is 27.7 Å². The number of carbonyl (C=O) groups is 1. The van der Waals surface area contributed by atoms with Crippen molar-refractivity contribution in [3.63, 3.8) is 0 Å². The van der Waals surface area contributed by atoms with Gasteiger partial charge in [0.1, 0.15) is 11.5 Å². The number of carbonyl (C=O) groups excluding carboxylic acids is 1. The van der Waals surface area contributed by atoms with Crippen molar-refractivity contribution in [2.24, 2.45) is 5.92 Å². The molecule has 0 aliphatic carbocycles. The van der Waals surface area contributed by atoms with Gasteiger partial charge in [-0.05, 0) is 67.3 Å². The number of hydrogen-bond donors (Lipinski definition) is 0. The van der Waals surface area contributed by atoms with E-state index >= 15 is 0 Å². The Labute approximate surface area is 145 Å². The molecule has 23 heavy (non-hydrogen) atoms. The number of rotatable bonds is 5. The lowest BCUT2D eigenvalue weighted by Crippen LogP contribution is -2.10. The molecule has 0 atom stereocenters. The van der Waals surface area contributed by atoms with Gasteiger partial charge < -0.3 is 9.47 Å². The van der Waals surface area contributed by atoms with Crippen LogP contribution in [-0.2, 0) is 0 Å². The molecule has 2 aromatic rings. The third-order valence-corrected chi connectivity index (χ3v) is 3.75. The lowest BCUT2D eigenvalue weighted by Gasteiger charge is -2.12. The Bertz CT molecular complexity index is 667. The number of esters is 1. The van der Waals surface area contributed by atoms with Crippen LogP contribution in [0.3, 0.4) is 0 Å². The first-order valence-corrected chi connectivity index (χ1v) is 8.38. The quantitative estimate of drug-likeness (QED) is 0.523. The molecular weight excluding hydrogens is 356 g/mol. The molecule has 0 saturated carbocycles. The van der Waals surface area contributed by atoms with Crippen molar-refractivity contribution < 1.29 is 14.3 Å². The van der Waals surface area contributed by atoms with Crippen LogP contribution in [0.1, 0.15) is 35.3 Å². The molecule has 0 saturated heterocycles. The van der Waals surface area contributed by atoms with Crippen LogP contribution in [0, 0.1) is 19.8 Å². The first-order valence-electron chi connectivity index (χ1n) is 7.58. The van der Waals surface area contributed by atoms with Gasteiger partial charge in [-0.25, -0.2) is 4.79 Å². The van der Waals surface area contributed by atoms with Crippen molar-refractivity contribution in [3.05, 3.63) is 57.6 Å². The second-order valence-electron chi connectivity index (χ2n) is 5.99. The van der Waals surface area contributed by atoms with E-state index in [1.165, 1.54) is 0 Å². The van der Waals surface area contributed by atoms with Gasteiger partial charge in [-0.2, -0.15) is 0 Å². The summed E-state index contributed by atoms with van der Waals surface area (Å²) in [6.07, 6.45) is 0. The molecule has 0 amide bonds. The van der Waals surface area contributed by atoms with Crippen LogP contribution in [0.5, 0.6) is 11.5 Å². The Hall–Kier alpha value is -1.81. The second kappa shape index (κ2) is 7.64. The predicted octanol–water partition coefficient (Wildman–Crippen LogP) is 5.32. The number of hydrogen-bond acceptors (Lipinski definition) is 3. The highest BCUT2D eigenvalue weighted by molar-refractivity contribution is 9.10. The Kier molecular flexibility index (Phi) is 5.83. The summed E-state index contributed by atoms with van der Waals surface area (Å²) in [5.41, 5.74) is 2.34. The van der Waals surface area contributed by atoms with Gasteiger partial charge in [-0.1, -0.05) is 29.8 Å². The minimum atomic E-state index is -0.367. The summed E-state index contributed by atoms with van der Waals surface area (Å²) in [5, 5.41) is 0. The zero-order chi connectivity index (χ0) is 17.0. The van der Waals surface area contributed by atoms with Crippen molar-refractivity contribution in [2.75, 3.05) is 6.61 Å². The summed E-state index contributed by atoms with van der Waals surface area (Å²) < 4.78 is 12.1. The van der Waals surface area contributed by atoms with Crippen molar-refractivity contribution in [1.29, 1.82) is 0 Å². The largest absolute Gasteiger partial charge is 0.493 e. The Morgan fingerprint density at radius 3 is 2.17 bits per heavy atom. The van der Waals surface area contributed by atoms with Crippen LogP contribution in [0.2, 0.25) is 0 Å². The molecule has 0 aliphatic heterocycles. The van der Waals surface area contributed by atoms with Crippen LogP contribution in [-0.4, -0.2) is 12.6 Å². The molecular formula is C19H21BrO3. The maximum absolute atomic E-state index is 12.3. The third-order valence-electron chi connectivity index (χ3n) is 3.29. The Balaban J connectivity index is 2.09. The van der Waals surface area contributed by atoms with E-state index in [0.717, 1.165) is 21.3 Å². The SMILES string of the molecule is Cc1cc(Br)cc(C)c1OC(=O)c1ccc(OCC(C)C)cc1. The van der Waals surface area contributed by atoms with E-state index < -0.39 is 0 Å². The Morgan fingerprint density at radius 1 is 1.09 bits per heavy atom. The molecule has 0 N–H and O–H groups in total. The van der Waals surface area contributed by atoms with E-state index in [0.29, 0.717) is 23.8 Å². The summed E-state index contributed by atoms with van der Waals surface area (Å²) >= 11 is 3.44. The summed E-state index contributed by atoms with van der Waals surface area (Å²) in [4.78, 5) is 12.3. The molecule has 0 aliphatic rings. The normalized spacial score (nSPS) is 10.7. The smallest absolute Gasteiger partial charge is 0.343 e. The molecule has 0 bridgehead atoms. The number of halogens is 1. The van der Waals surface area contributed by atoms with Gasteiger partial charge in [0.2, 0.25) is 0 Å². The molecule has 2 rings (SSSR count). The van der Waals surface area contributed by atoms with Gasteiger partial charge >= 0.3 is 5.97 Å². The van der Waals surface area contributed by atoms with Crippen LogP contribution in [0.25, 0.3) is 0 Å². The van der Waals surface area contributed by atoms with E-state index in [-0.39, 0.29) is 5.97 Å². The summed E-state index contributed by atoms with van der Waals surface area (Å²) in [7, 11) is 0. The van der Waals surface area contributed by atoms with Gasteiger partial charge in [-0.15, -0.1) is 0 Å². The first-order chi connectivity index (χ1) is 10.9. The third kappa shape index (κ3) is 4.83. The Morgan fingerprint density at radius 2 is 1.65 bits per heavy atom. The van der Waals surface area contributed by atoms with E-state index in [2.05, 4.69) is 29.8 Å². The van der Waals surface area contributed by atoms with Gasteiger partial charge in [-0.3, -0.25) is 0 Å². The molecule has 2 aromatic carbocycles. The molecule has 122 valence electrons. The molecule has 3 nitrogen and oxygen atoms in total. The van der Waals surface area contributed by atoms with Gasteiger partial charge in [0, 0.05) is 4.47 Å². The fourth-order valence-corrected chi connectivity index (χ4v) is 2.85. The molecule has 0 radical (unpaired) electrons. The molecule has 0 fully saturated rings. The molecule has 0 spiro atoms. The van der Waals surface area contributed by atoms with Crippen molar-refractivity contribution >= 4 is 21.9 Å². The standard InChI is InChI=1S/C19H21BrO3/c1-12(2)11-22-17-7-5-15(6-8-17)19(21)23-18-13(3)9-16(20)10-14(18)4/h5-10,12H,11H2,1-4H3. The van der Waals surface area contributed by atoms with E-state index in [9.17, 15) is 4.79 Å². The number of benzene rings is 2. The maximum Gasteiger partial charge on any atom is 0.343 e. The summed E-state index contributed by atoms with van der Waals surface area (Å²) in [6, 6.07) is 10.9. The molecule has 4 heteroatoms. The average Bonchev–Trinajstić information content (AvgIpc) is 2.49.